The van der Waals surface area contributed by atoms with Crippen molar-refractivity contribution in [1.29, 1.82) is 0 Å². The minimum absolute atomic E-state index is 0.0680. The maximum atomic E-state index is 13.1. The summed E-state index contributed by atoms with van der Waals surface area (Å²) in [5.41, 5.74) is 0.595. The molecule has 0 radical (unpaired) electrons. The molecule has 2 atom stereocenters. The van der Waals surface area contributed by atoms with E-state index in [0.717, 1.165) is 32.1 Å². The van der Waals surface area contributed by atoms with Crippen LogP contribution in [0.4, 0.5) is 5.69 Å². The number of nitrogens with one attached hydrogen (secondary N) is 2. The van der Waals surface area contributed by atoms with Crippen LogP contribution in [0.5, 0.6) is 5.75 Å². The molecule has 2 fully saturated rings. The molecule has 2 aliphatic rings. The highest BCUT2D eigenvalue weighted by Gasteiger charge is 2.30. The summed E-state index contributed by atoms with van der Waals surface area (Å²) in [6.45, 7) is 5.58. The molecule has 1 saturated carbocycles. The van der Waals surface area contributed by atoms with Gasteiger partial charge in [0.2, 0.25) is 15.9 Å². The fraction of sp³-hybridized carbons (Fsp3) is 0.667. The highest BCUT2D eigenvalue weighted by molar-refractivity contribution is 7.89. The average Bonchev–Trinajstić information content (AvgIpc) is 3.25. The first-order chi connectivity index (χ1) is 13.9. The van der Waals surface area contributed by atoms with E-state index in [2.05, 4.69) is 17.6 Å². The molecule has 1 aromatic rings. The van der Waals surface area contributed by atoms with Crippen molar-refractivity contribution in [2.24, 2.45) is 5.92 Å². The monoisotopic (exact) mass is 423 g/mol. The zero-order valence-corrected chi connectivity index (χ0v) is 18.3. The molecule has 0 spiro atoms. The molecule has 1 amide bonds. The van der Waals surface area contributed by atoms with Crippen LogP contribution in [-0.4, -0.2) is 50.9 Å². The molecular formula is C21H33N3O4S. The predicted octanol–water partition coefficient (Wildman–Crippen LogP) is 2.98. The molecule has 0 aromatic heterocycles. The summed E-state index contributed by atoms with van der Waals surface area (Å²) in [5, 5.41) is 6.18. The largest absolute Gasteiger partial charge is 0.492 e. The first-order valence-corrected chi connectivity index (χ1v) is 12.2. The van der Waals surface area contributed by atoms with Gasteiger partial charge in [0.25, 0.3) is 0 Å². The van der Waals surface area contributed by atoms with Crippen LogP contribution in [0.25, 0.3) is 0 Å². The maximum absolute atomic E-state index is 13.1. The third-order valence-electron chi connectivity index (χ3n) is 5.84. The van der Waals surface area contributed by atoms with Gasteiger partial charge in [-0.3, -0.25) is 4.79 Å². The van der Waals surface area contributed by atoms with Crippen molar-refractivity contribution in [1.82, 2.24) is 9.62 Å². The van der Waals surface area contributed by atoms with Gasteiger partial charge in [0.15, 0.2) is 0 Å². The van der Waals surface area contributed by atoms with Crippen LogP contribution in [0.15, 0.2) is 23.1 Å². The third-order valence-corrected chi connectivity index (χ3v) is 7.76. The minimum atomic E-state index is -3.61. The fourth-order valence-corrected chi connectivity index (χ4v) is 5.81. The highest BCUT2D eigenvalue weighted by atomic mass is 32.2. The van der Waals surface area contributed by atoms with Gasteiger partial charge in [-0.2, -0.15) is 4.31 Å². The Morgan fingerprint density at radius 1 is 1.17 bits per heavy atom. The van der Waals surface area contributed by atoms with Crippen LogP contribution >= 0.6 is 0 Å². The number of carbonyl (C=O) groups excluding carboxylic acids is 1. The second-order valence-electron chi connectivity index (χ2n) is 8.00. The average molecular weight is 424 g/mol. The van der Waals surface area contributed by atoms with Crippen molar-refractivity contribution in [2.45, 2.75) is 63.3 Å². The van der Waals surface area contributed by atoms with Gasteiger partial charge in [-0.15, -0.1) is 0 Å². The van der Waals surface area contributed by atoms with Gasteiger partial charge in [-0.1, -0.05) is 19.8 Å². The lowest BCUT2D eigenvalue weighted by Crippen LogP contribution is -2.43. The molecule has 1 aliphatic heterocycles. The van der Waals surface area contributed by atoms with Crippen LogP contribution in [0.2, 0.25) is 0 Å². The zero-order chi connectivity index (χ0) is 20.9. The number of nitrogens with zero attached hydrogens (tertiary/aromatic N) is 1. The Morgan fingerprint density at radius 2 is 1.90 bits per heavy atom. The number of benzene rings is 1. The van der Waals surface area contributed by atoms with Gasteiger partial charge in [-0.05, 0) is 56.7 Å². The third kappa shape index (κ3) is 5.42. The molecule has 1 aliphatic carbocycles. The van der Waals surface area contributed by atoms with Gasteiger partial charge in [0.05, 0.1) is 13.2 Å². The van der Waals surface area contributed by atoms with E-state index in [-0.39, 0.29) is 23.4 Å². The van der Waals surface area contributed by atoms with Crippen LogP contribution in [0.3, 0.4) is 0 Å². The number of hydrogen-bond donors (Lipinski definition) is 2. The SMILES string of the molecule is CCOc1ccc(NCC(=O)N[C@H]2CCCC[C@H]2C)cc1S(=O)(=O)N1CCCC1. The Balaban J connectivity index is 1.69. The minimum Gasteiger partial charge on any atom is -0.492 e. The normalized spacial score (nSPS) is 23.0. The molecule has 0 bridgehead atoms. The Bertz CT molecular complexity index is 806. The number of ether oxygens (including phenoxy) is 1. The van der Waals surface area contributed by atoms with Crippen molar-refractivity contribution in [3.8, 4) is 5.75 Å². The van der Waals surface area contributed by atoms with Crippen molar-refractivity contribution < 1.29 is 17.9 Å². The van der Waals surface area contributed by atoms with Gasteiger partial charge in [0.1, 0.15) is 10.6 Å². The number of rotatable bonds is 8. The van der Waals surface area contributed by atoms with Crippen LogP contribution in [0, 0.1) is 5.92 Å². The summed E-state index contributed by atoms with van der Waals surface area (Å²) in [4.78, 5) is 12.5. The van der Waals surface area contributed by atoms with Gasteiger partial charge in [-0.25, -0.2) is 8.42 Å². The number of anilines is 1. The first kappa shape index (κ1) is 21.9. The summed E-state index contributed by atoms with van der Waals surface area (Å²) in [6, 6.07) is 5.22. The molecule has 162 valence electrons. The van der Waals surface area contributed by atoms with Gasteiger partial charge in [0, 0.05) is 24.8 Å². The van der Waals surface area contributed by atoms with Crippen molar-refractivity contribution >= 4 is 21.6 Å². The number of sulfonamides is 1. The molecule has 29 heavy (non-hydrogen) atoms. The van der Waals surface area contributed by atoms with E-state index in [1.807, 2.05) is 6.92 Å². The predicted molar refractivity (Wildman–Crippen MR) is 114 cm³/mol. The molecule has 1 heterocycles. The second kappa shape index (κ2) is 9.80. The molecule has 0 unspecified atom stereocenters. The van der Waals surface area contributed by atoms with E-state index < -0.39 is 10.0 Å². The lowest BCUT2D eigenvalue weighted by atomic mass is 9.86. The van der Waals surface area contributed by atoms with E-state index in [4.69, 9.17) is 4.74 Å². The molecule has 1 saturated heterocycles. The number of carbonyl (C=O) groups is 1. The topological polar surface area (TPSA) is 87.7 Å². The smallest absolute Gasteiger partial charge is 0.246 e. The maximum Gasteiger partial charge on any atom is 0.246 e. The van der Waals surface area contributed by atoms with Crippen LogP contribution in [-0.2, 0) is 14.8 Å². The second-order valence-corrected chi connectivity index (χ2v) is 9.90. The molecule has 8 heteroatoms. The quantitative estimate of drug-likeness (QED) is 0.671. The highest BCUT2D eigenvalue weighted by Crippen LogP contribution is 2.31. The van der Waals surface area contributed by atoms with Crippen molar-refractivity contribution in [3.63, 3.8) is 0 Å². The van der Waals surface area contributed by atoms with Crippen molar-refractivity contribution in [2.75, 3.05) is 31.6 Å². The lowest BCUT2D eigenvalue weighted by Gasteiger charge is -2.29. The first-order valence-electron chi connectivity index (χ1n) is 10.7. The Labute approximate surface area is 174 Å². The van der Waals surface area contributed by atoms with E-state index in [0.29, 0.717) is 37.1 Å². The molecule has 3 rings (SSSR count). The van der Waals surface area contributed by atoms with Gasteiger partial charge < -0.3 is 15.4 Å². The summed E-state index contributed by atoms with van der Waals surface area (Å²) in [6.07, 6.45) is 6.30. The Hall–Kier alpha value is -1.80. The molecule has 7 nitrogen and oxygen atoms in total. The summed E-state index contributed by atoms with van der Waals surface area (Å²) >= 11 is 0. The standard InChI is InChI=1S/C21H33N3O4S/c1-3-28-19-11-10-17(14-20(19)29(26,27)24-12-6-7-13-24)22-15-21(25)23-18-9-5-4-8-16(18)2/h10-11,14,16,18,22H,3-9,12-13,15H2,1-2H3,(H,23,25)/t16-,18+/m1/s1. The van der Waals surface area contributed by atoms with Gasteiger partial charge >= 0.3 is 0 Å². The van der Waals surface area contributed by atoms with E-state index in [9.17, 15) is 13.2 Å². The van der Waals surface area contributed by atoms with E-state index in [1.165, 1.54) is 10.7 Å². The number of amides is 1. The zero-order valence-electron chi connectivity index (χ0n) is 17.4. The Kier molecular flexibility index (Phi) is 7.40. The number of hydrogen-bond acceptors (Lipinski definition) is 5. The van der Waals surface area contributed by atoms with E-state index >= 15 is 0 Å². The molecule has 2 N–H and O–H groups in total. The molecule has 1 aromatic carbocycles. The Morgan fingerprint density at radius 3 is 2.59 bits per heavy atom. The summed E-state index contributed by atoms with van der Waals surface area (Å²) in [5.74, 6) is 0.780. The van der Waals surface area contributed by atoms with Crippen molar-refractivity contribution in [3.05, 3.63) is 18.2 Å². The van der Waals surface area contributed by atoms with E-state index in [1.54, 1.807) is 18.2 Å². The summed E-state index contributed by atoms with van der Waals surface area (Å²) in [7, 11) is -3.61. The summed E-state index contributed by atoms with van der Waals surface area (Å²) < 4.78 is 33.2. The molecular weight excluding hydrogens is 390 g/mol. The van der Waals surface area contributed by atoms with Crippen LogP contribution < -0.4 is 15.4 Å². The van der Waals surface area contributed by atoms with Crippen LogP contribution in [0.1, 0.15) is 52.4 Å². The lowest BCUT2D eigenvalue weighted by molar-refractivity contribution is -0.120. The fourth-order valence-electron chi connectivity index (χ4n) is 4.13.